The molecule has 0 saturated carbocycles. The number of carbonyl (C=O) groups excluding carboxylic acids is 1. The highest BCUT2D eigenvalue weighted by atomic mass is 16.4. The van der Waals surface area contributed by atoms with Gasteiger partial charge in [0.05, 0.1) is 16.8 Å². The Bertz CT molecular complexity index is 1070. The second kappa shape index (κ2) is 5.87. The number of nitrogens with two attached hydrogens (primary N) is 1. The van der Waals surface area contributed by atoms with E-state index in [4.69, 9.17) is 10.2 Å². The Labute approximate surface area is 144 Å². The quantitative estimate of drug-likeness (QED) is 0.574. The molecule has 5 heteroatoms. The zero-order chi connectivity index (χ0) is 17.4. The fourth-order valence-electron chi connectivity index (χ4n) is 2.80. The largest absolute Gasteiger partial charge is 0.432 e. The first-order valence-corrected chi connectivity index (χ1v) is 7.87. The number of ketones is 1. The average Bonchev–Trinajstić information content (AvgIpc) is 2.99. The number of nitrogen functional groups attached to an aromatic ring is 1. The highest BCUT2D eigenvalue weighted by Gasteiger charge is 2.23. The van der Waals surface area contributed by atoms with E-state index < -0.39 is 0 Å². The van der Waals surface area contributed by atoms with Gasteiger partial charge in [-0.1, -0.05) is 60.7 Å². The lowest BCUT2D eigenvalue weighted by molar-refractivity contribution is 0.101. The van der Waals surface area contributed by atoms with Crippen LogP contribution in [0.4, 0.5) is 5.69 Å². The first-order valence-electron chi connectivity index (χ1n) is 7.87. The number of anilines is 1. The number of aryl methyl sites for hydroxylation is 1. The van der Waals surface area contributed by atoms with Crippen molar-refractivity contribution < 1.29 is 9.21 Å². The van der Waals surface area contributed by atoms with E-state index in [0.717, 1.165) is 5.56 Å². The third-order valence-electron chi connectivity index (χ3n) is 4.04. The molecule has 4 rings (SSSR count). The molecule has 5 nitrogen and oxygen atoms in total. The molecule has 2 N–H and O–H groups in total. The van der Waals surface area contributed by atoms with Crippen molar-refractivity contribution >= 4 is 22.6 Å². The van der Waals surface area contributed by atoms with E-state index in [9.17, 15) is 4.79 Å². The third kappa shape index (κ3) is 2.55. The normalized spacial score (nSPS) is 10.9. The van der Waals surface area contributed by atoms with Gasteiger partial charge in [0.15, 0.2) is 5.82 Å². The predicted molar refractivity (Wildman–Crippen MR) is 96.3 cm³/mol. The van der Waals surface area contributed by atoms with Crippen molar-refractivity contribution in [2.75, 3.05) is 5.73 Å². The maximum Gasteiger partial charge on any atom is 0.232 e. The van der Waals surface area contributed by atoms with Crippen LogP contribution in [-0.4, -0.2) is 15.8 Å². The molecular formula is C20H15N3O2. The van der Waals surface area contributed by atoms with E-state index in [1.165, 1.54) is 0 Å². The van der Waals surface area contributed by atoms with Gasteiger partial charge in [0, 0.05) is 11.1 Å². The van der Waals surface area contributed by atoms with E-state index >= 15 is 0 Å². The number of furan rings is 1. The van der Waals surface area contributed by atoms with Gasteiger partial charge in [-0.15, -0.1) is 0 Å². The molecule has 0 spiro atoms. The summed E-state index contributed by atoms with van der Waals surface area (Å²) in [7, 11) is 0. The zero-order valence-electron chi connectivity index (χ0n) is 13.6. The van der Waals surface area contributed by atoms with Crippen LogP contribution in [0.1, 0.15) is 21.8 Å². The topological polar surface area (TPSA) is 82.0 Å². The third-order valence-corrected chi connectivity index (χ3v) is 4.04. The molecule has 0 saturated heterocycles. The molecule has 4 aromatic rings. The summed E-state index contributed by atoms with van der Waals surface area (Å²) < 4.78 is 5.73. The van der Waals surface area contributed by atoms with Crippen LogP contribution < -0.4 is 5.73 Å². The van der Waals surface area contributed by atoms with Crippen LogP contribution in [0.15, 0.2) is 65.1 Å². The molecule has 122 valence electrons. The van der Waals surface area contributed by atoms with Gasteiger partial charge in [-0.25, -0.2) is 4.98 Å². The molecule has 2 aromatic heterocycles. The summed E-state index contributed by atoms with van der Waals surface area (Å²) >= 11 is 0. The Balaban J connectivity index is 1.88. The highest BCUT2D eigenvalue weighted by Crippen LogP contribution is 2.32. The molecule has 25 heavy (non-hydrogen) atoms. The summed E-state index contributed by atoms with van der Waals surface area (Å²) in [4.78, 5) is 21.7. The fraction of sp³-hybridized carbons (Fsp3) is 0.0500. The van der Waals surface area contributed by atoms with Crippen molar-refractivity contribution in [1.82, 2.24) is 9.97 Å². The maximum atomic E-state index is 12.7. The van der Waals surface area contributed by atoms with Crippen molar-refractivity contribution in [2.24, 2.45) is 0 Å². The number of nitrogens with zero attached hydrogens (tertiary/aromatic N) is 2. The Morgan fingerprint density at radius 2 is 1.60 bits per heavy atom. The van der Waals surface area contributed by atoms with Crippen LogP contribution in [0.25, 0.3) is 22.5 Å². The van der Waals surface area contributed by atoms with Crippen LogP contribution in [0.5, 0.6) is 0 Å². The summed E-state index contributed by atoms with van der Waals surface area (Å²) in [6, 6.07) is 18.5. The van der Waals surface area contributed by atoms with Gasteiger partial charge in [0.2, 0.25) is 17.3 Å². The van der Waals surface area contributed by atoms with Crippen molar-refractivity contribution in [3.05, 3.63) is 77.7 Å². The molecule has 0 aliphatic carbocycles. The molecule has 0 unspecified atom stereocenters. The minimum atomic E-state index is -0.267. The van der Waals surface area contributed by atoms with Crippen LogP contribution in [-0.2, 0) is 0 Å². The first kappa shape index (κ1) is 15.1. The number of rotatable bonds is 3. The first-order chi connectivity index (χ1) is 12.1. The Morgan fingerprint density at radius 1 is 0.960 bits per heavy atom. The van der Waals surface area contributed by atoms with Crippen molar-refractivity contribution in [2.45, 2.75) is 6.92 Å². The second-order valence-corrected chi connectivity index (χ2v) is 5.72. The van der Waals surface area contributed by atoms with Crippen molar-refractivity contribution in [3.8, 4) is 11.4 Å². The SMILES string of the molecule is Cc1nc(-c2ccccc2)nc2oc(C(=O)c3ccccc3)c(N)c12. The van der Waals surface area contributed by atoms with Crippen LogP contribution in [0.2, 0.25) is 0 Å². The lowest BCUT2D eigenvalue weighted by Crippen LogP contribution is -2.02. The number of carbonyl (C=O) groups is 1. The summed E-state index contributed by atoms with van der Waals surface area (Å²) in [5.74, 6) is 0.374. The monoisotopic (exact) mass is 329 g/mol. The molecule has 2 aromatic carbocycles. The van der Waals surface area contributed by atoms with E-state index in [0.29, 0.717) is 28.2 Å². The molecule has 0 bridgehead atoms. The van der Waals surface area contributed by atoms with Crippen LogP contribution in [0, 0.1) is 6.92 Å². The number of benzene rings is 2. The summed E-state index contributed by atoms with van der Waals surface area (Å²) in [6.45, 7) is 1.83. The van der Waals surface area contributed by atoms with Gasteiger partial charge in [0.1, 0.15) is 0 Å². The van der Waals surface area contributed by atoms with E-state index in [2.05, 4.69) is 9.97 Å². The van der Waals surface area contributed by atoms with Crippen LogP contribution >= 0.6 is 0 Å². The standard InChI is InChI=1S/C20H15N3O2/c1-12-15-16(21)18(17(24)13-8-4-2-5-9-13)25-20(15)23-19(22-12)14-10-6-3-7-11-14/h2-11H,21H2,1H3. The lowest BCUT2D eigenvalue weighted by Gasteiger charge is -2.02. The highest BCUT2D eigenvalue weighted by molar-refractivity contribution is 6.14. The van der Waals surface area contributed by atoms with E-state index in [1.807, 2.05) is 43.3 Å². The number of hydrogen-bond acceptors (Lipinski definition) is 5. The number of hydrogen-bond donors (Lipinski definition) is 1. The van der Waals surface area contributed by atoms with Gasteiger partial charge in [-0.05, 0) is 6.92 Å². The molecule has 0 atom stereocenters. The zero-order valence-corrected chi connectivity index (χ0v) is 13.6. The van der Waals surface area contributed by atoms with Crippen molar-refractivity contribution in [3.63, 3.8) is 0 Å². The second-order valence-electron chi connectivity index (χ2n) is 5.72. The molecule has 0 amide bonds. The Kier molecular flexibility index (Phi) is 3.54. The van der Waals surface area contributed by atoms with E-state index in [1.54, 1.807) is 24.3 Å². The summed E-state index contributed by atoms with van der Waals surface area (Å²) in [5, 5.41) is 0.582. The number of fused-ring (bicyclic) bond motifs is 1. The number of aromatic nitrogens is 2. The molecular weight excluding hydrogens is 314 g/mol. The smallest absolute Gasteiger partial charge is 0.232 e. The van der Waals surface area contributed by atoms with Gasteiger partial charge in [0.25, 0.3) is 0 Å². The predicted octanol–water partition coefficient (Wildman–Crippen LogP) is 4.01. The van der Waals surface area contributed by atoms with Gasteiger partial charge >= 0.3 is 0 Å². The fourth-order valence-corrected chi connectivity index (χ4v) is 2.80. The van der Waals surface area contributed by atoms with Gasteiger partial charge < -0.3 is 10.2 Å². The molecule has 0 aliphatic rings. The van der Waals surface area contributed by atoms with Gasteiger partial charge in [-0.2, -0.15) is 4.98 Å². The van der Waals surface area contributed by atoms with Gasteiger partial charge in [-0.3, -0.25) is 4.79 Å². The Morgan fingerprint density at radius 3 is 2.28 bits per heavy atom. The Hall–Kier alpha value is -3.47. The minimum Gasteiger partial charge on any atom is -0.432 e. The maximum absolute atomic E-state index is 12.7. The van der Waals surface area contributed by atoms with E-state index in [-0.39, 0.29) is 17.2 Å². The molecule has 0 radical (unpaired) electrons. The average molecular weight is 329 g/mol. The minimum absolute atomic E-state index is 0.101. The molecule has 0 fully saturated rings. The lowest BCUT2D eigenvalue weighted by atomic mass is 10.1. The summed E-state index contributed by atoms with van der Waals surface area (Å²) in [5.41, 5.74) is 8.84. The molecule has 0 aliphatic heterocycles. The van der Waals surface area contributed by atoms with Crippen molar-refractivity contribution in [1.29, 1.82) is 0 Å². The summed E-state index contributed by atoms with van der Waals surface area (Å²) in [6.07, 6.45) is 0. The van der Waals surface area contributed by atoms with Crippen LogP contribution in [0.3, 0.4) is 0 Å². The molecule has 2 heterocycles.